The molecule has 0 radical (unpaired) electrons. The molecule has 0 spiro atoms. The number of nitrogens with zero attached hydrogens (tertiary/aromatic N) is 3. The lowest BCUT2D eigenvalue weighted by molar-refractivity contribution is -0.137. The highest BCUT2D eigenvalue weighted by atomic mass is 32.1. The van der Waals surface area contributed by atoms with Crippen molar-refractivity contribution in [2.75, 3.05) is 12.3 Å². The fourth-order valence-corrected chi connectivity index (χ4v) is 6.16. The van der Waals surface area contributed by atoms with Crippen LogP contribution in [-0.4, -0.2) is 51.3 Å². The number of nitrogens with two attached hydrogens (primary N) is 1. The number of carbonyl (C=O) groups is 2. The highest BCUT2D eigenvalue weighted by molar-refractivity contribution is 7.17. The van der Waals surface area contributed by atoms with Crippen molar-refractivity contribution < 1.29 is 9.59 Å². The summed E-state index contributed by atoms with van der Waals surface area (Å²) in [5.74, 6) is 0.176. The van der Waals surface area contributed by atoms with Gasteiger partial charge >= 0.3 is 0 Å². The summed E-state index contributed by atoms with van der Waals surface area (Å²) in [7, 11) is 0. The Morgan fingerprint density at radius 1 is 1.33 bits per heavy atom. The van der Waals surface area contributed by atoms with Crippen LogP contribution < -0.4 is 5.73 Å². The van der Waals surface area contributed by atoms with Crippen LogP contribution in [0.3, 0.4) is 0 Å². The van der Waals surface area contributed by atoms with Gasteiger partial charge < -0.3 is 15.5 Å². The molecule has 1 saturated carbocycles. The highest BCUT2D eigenvalue weighted by Crippen LogP contribution is 2.54. The van der Waals surface area contributed by atoms with Gasteiger partial charge in [0.25, 0.3) is 5.91 Å². The number of likely N-dealkylation sites (tertiary alicyclic amines) is 2. The largest absolute Gasteiger partial charge is 0.375 e. The number of aromatic nitrogens is 1. The van der Waals surface area contributed by atoms with E-state index in [0.29, 0.717) is 22.2 Å². The number of aryl methyl sites for hydroxylation is 1. The predicted octanol–water partition coefficient (Wildman–Crippen LogP) is 2.04. The number of anilines is 1. The Hall–Kier alpha value is -1.63. The molecule has 130 valence electrons. The predicted molar refractivity (Wildman–Crippen MR) is 92.8 cm³/mol. The van der Waals surface area contributed by atoms with Crippen LogP contribution in [0, 0.1) is 12.3 Å². The summed E-state index contributed by atoms with van der Waals surface area (Å²) in [6, 6.07) is 0.574. The standard InChI is InChI=1S/C17H24N4O2S/c1-9-14(24-16(18)19-9)15(23)21-11-7-17(3)12(5-4-6-13(17)21)20(8-11)10(2)22/h11-13H,4-8H2,1-3H3,(H2,18,19)/t11-,12+,13-,17+/m0/s1. The summed E-state index contributed by atoms with van der Waals surface area (Å²) in [5, 5.41) is 0.441. The molecule has 4 atom stereocenters. The molecule has 1 aromatic heterocycles. The van der Waals surface area contributed by atoms with Crippen LogP contribution in [0.2, 0.25) is 0 Å². The van der Waals surface area contributed by atoms with Crippen molar-refractivity contribution in [2.45, 2.75) is 64.6 Å². The first kappa shape index (κ1) is 15.9. The van der Waals surface area contributed by atoms with E-state index in [9.17, 15) is 9.59 Å². The molecule has 2 saturated heterocycles. The summed E-state index contributed by atoms with van der Waals surface area (Å²) >= 11 is 1.28. The number of amides is 2. The van der Waals surface area contributed by atoms with Gasteiger partial charge in [-0.15, -0.1) is 0 Å². The molecule has 4 rings (SSSR count). The van der Waals surface area contributed by atoms with E-state index in [1.807, 2.05) is 11.8 Å². The number of piperidine rings is 1. The minimum Gasteiger partial charge on any atom is -0.375 e. The molecular weight excluding hydrogens is 324 g/mol. The molecule has 0 aromatic carbocycles. The molecule has 0 unspecified atom stereocenters. The average Bonchev–Trinajstić information content (AvgIpc) is 2.99. The van der Waals surface area contributed by atoms with Crippen molar-refractivity contribution in [3.05, 3.63) is 10.6 Å². The van der Waals surface area contributed by atoms with Gasteiger partial charge in [0.15, 0.2) is 5.13 Å². The fraction of sp³-hybridized carbons (Fsp3) is 0.706. The second kappa shape index (κ2) is 5.18. The Labute approximate surface area is 146 Å². The third kappa shape index (κ3) is 2.03. The van der Waals surface area contributed by atoms with Gasteiger partial charge in [-0.05, 0) is 32.6 Å². The van der Waals surface area contributed by atoms with E-state index in [1.165, 1.54) is 11.3 Å². The van der Waals surface area contributed by atoms with Crippen LogP contribution in [0.4, 0.5) is 5.13 Å². The second-order valence-corrected chi connectivity index (χ2v) is 8.71. The van der Waals surface area contributed by atoms with E-state index in [2.05, 4.69) is 16.8 Å². The zero-order valence-corrected chi connectivity index (χ0v) is 15.2. The van der Waals surface area contributed by atoms with E-state index >= 15 is 0 Å². The summed E-state index contributed by atoms with van der Waals surface area (Å²) in [6.45, 7) is 6.42. The van der Waals surface area contributed by atoms with Crippen LogP contribution in [0.1, 0.15) is 54.9 Å². The zero-order valence-electron chi connectivity index (χ0n) is 14.4. The molecule has 3 heterocycles. The van der Waals surface area contributed by atoms with Gasteiger partial charge in [-0.2, -0.15) is 0 Å². The molecule has 3 aliphatic rings. The van der Waals surface area contributed by atoms with Crippen molar-refractivity contribution in [3.8, 4) is 0 Å². The minimum atomic E-state index is 0.00658. The first-order valence-electron chi connectivity index (χ1n) is 8.65. The van der Waals surface area contributed by atoms with Crippen molar-refractivity contribution >= 4 is 28.3 Å². The second-order valence-electron chi connectivity index (χ2n) is 7.68. The van der Waals surface area contributed by atoms with Gasteiger partial charge in [0.1, 0.15) is 4.88 Å². The first-order valence-corrected chi connectivity index (χ1v) is 9.47. The fourth-order valence-electron chi connectivity index (χ4n) is 5.38. The Balaban J connectivity index is 1.74. The van der Waals surface area contributed by atoms with Gasteiger partial charge in [0, 0.05) is 31.0 Å². The molecule has 2 N–H and O–H groups in total. The van der Waals surface area contributed by atoms with Gasteiger partial charge in [-0.3, -0.25) is 9.59 Å². The maximum absolute atomic E-state index is 13.3. The third-order valence-electron chi connectivity index (χ3n) is 6.31. The van der Waals surface area contributed by atoms with Gasteiger partial charge in [-0.1, -0.05) is 18.3 Å². The summed E-state index contributed by atoms with van der Waals surface area (Å²) < 4.78 is 0. The van der Waals surface area contributed by atoms with Crippen LogP contribution in [0.5, 0.6) is 0 Å². The van der Waals surface area contributed by atoms with Crippen molar-refractivity contribution in [3.63, 3.8) is 0 Å². The smallest absolute Gasteiger partial charge is 0.266 e. The van der Waals surface area contributed by atoms with Gasteiger partial charge in [0.05, 0.1) is 11.7 Å². The lowest BCUT2D eigenvalue weighted by Gasteiger charge is -2.49. The number of hydrogen-bond donors (Lipinski definition) is 1. The molecule has 7 heteroatoms. The van der Waals surface area contributed by atoms with Crippen LogP contribution in [-0.2, 0) is 4.79 Å². The number of fused-ring (bicyclic) bond motifs is 1. The number of rotatable bonds is 1. The van der Waals surface area contributed by atoms with E-state index in [-0.39, 0.29) is 35.4 Å². The zero-order chi connectivity index (χ0) is 17.2. The minimum absolute atomic E-state index is 0.00658. The molecule has 3 fully saturated rings. The molecule has 2 bridgehead atoms. The average molecular weight is 348 g/mol. The van der Waals surface area contributed by atoms with E-state index in [4.69, 9.17) is 5.73 Å². The van der Waals surface area contributed by atoms with Crippen LogP contribution in [0.15, 0.2) is 0 Å². The number of hydrogen-bond acceptors (Lipinski definition) is 5. The van der Waals surface area contributed by atoms with Crippen molar-refractivity contribution in [1.29, 1.82) is 0 Å². The monoisotopic (exact) mass is 348 g/mol. The third-order valence-corrected chi connectivity index (χ3v) is 7.29. The Bertz CT molecular complexity index is 717. The maximum atomic E-state index is 13.3. The number of carbonyl (C=O) groups excluding carboxylic acids is 2. The van der Waals surface area contributed by atoms with Gasteiger partial charge in [-0.25, -0.2) is 4.98 Å². The normalized spacial score (nSPS) is 34.5. The highest BCUT2D eigenvalue weighted by Gasteiger charge is 2.61. The topological polar surface area (TPSA) is 79.5 Å². The summed E-state index contributed by atoms with van der Waals surface area (Å²) in [5.41, 5.74) is 6.51. The van der Waals surface area contributed by atoms with E-state index in [0.717, 1.165) is 25.7 Å². The Kier molecular flexibility index (Phi) is 3.43. The molecular formula is C17H24N4O2S. The SMILES string of the molecule is CC(=O)N1C[C@@H]2C[C@@]3(C)[C@H](CCC[C@@H]13)N2C(=O)c1sc(N)nc1C. The lowest BCUT2D eigenvalue weighted by atomic mass is 9.66. The van der Waals surface area contributed by atoms with Crippen molar-refractivity contribution in [2.24, 2.45) is 5.41 Å². The molecule has 2 aliphatic heterocycles. The maximum Gasteiger partial charge on any atom is 0.266 e. The molecule has 2 amide bonds. The molecule has 6 nitrogen and oxygen atoms in total. The Morgan fingerprint density at radius 3 is 2.67 bits per heavy atom. The van der Waals surface area contributed by atoms with Crippen LogP contribution >= 0.6 is 11.3 Å². The van der Waals surface area contributed by atoms with E-state index < -0.39 is 0 Å². The number of nitrogen functional groups attached to an aromatic ring is 1. The van der Waals surface area contributed by atoms with Crippen LogP contribution in [0.25, 0.3) is 0 Å². The summed E-state index contributed by atoms with van der Waals surface area (Å²) in [6.07, 6.45) is 4.13. The summed E-state index contributed by atoms with van der Waals surface area (Å²) in [4.78, 5) is 34.4. The molecule has 1 aliphatic carbocycles. The molecule has 24 heavy (non-hydrogen) atoms. The first-order chi connectivity index (χ1) is 11.3. The molecule has 1 aromatic rings. The lowest BCUT2D eigenvalue weighted by Crippen LogP contribution is -2.57. The quantitative estimate of drug-likeness (QED) is 0.842. The van der Waals surface area contributed by atoms with E-state index in [1.54, 1.807) is 6.92 Å². The van der Waals surface area contributed by atoms with Crippen molar-refractivity contribution in [1.82, 2.24) is 14.8 Å². The number of thiazole rings is 1. The van der Waals surface area contributed by atoms with Gasteiger partial charge in [0.2, 0.25) is 5.91 Å². The Morgan fingerprint density at radius 2 is 2.04 bits per heavy atom.